The number of amides is 1. The van der Waals surface area contributed by atoms with Gasteiger partial charge in [0.25, 0.3) is 11.6 Å². The Morgan fingerprint density at radius 3 is 2.21 bits per heavy atom. The van der Waals surface area contributed by atoms with Gasteiger partial charge in [0, 0.05) is 17.8 Å². The summed E-state index contributed by atoms with van der Waals surface area (Å²) in [7, 11) is 2.36. The molecule has 0 radical (unpaired) electrons. The Balaban J connectivity index is 1.71. The molecule has 0 aliphatic heterocycles. The number of non-ortho nitro benzene ring substituents is 1. The molecule has 0 bridgehead atoms. The molecule has 1 aromatic heterocycles. The molecule has 0 spiro atoms. The number of furan rings is 1. The van der Waals surface area contributed by atoms with Crippen LogP contribution in [-0.4, -0.2) is 37.0 Å². The maximum atomic E-state index is 12.6. The van der Waals surface area contributed by atoms with E-state index in [9.17, 15) is 24.5 Å². The fourth-order valence-corrected chi connectivity index (χ4v) is 3.04. The number of hydrogen-bond donors (Lipinski definition) is 1. The Morgan fingerprint density at radius 1 is 1.00 bits per heavy atom. The van der Waals surface area contributed by atoms with Crippen molar-refractivity contribution < 1.29 is 37.9 Å². The zero-order valence-corrected chi connectivity index (χ0v) is 18.6. The third-order valence-electron chi connectivity index (χ3n) is 4.41. The van der Waals surface area contributed by atoms with E-state index in [2.05, 4.69) is 14.8 Å². The number of nitrogens with zero attached hydrogens (tertiary/aromatic N) is 1. The summed E-state index contributed by atoms with van der Waals surface area (Å²) in [4.78, 5) is 46.6. The number of carbonyl (C=O) groups is 3. The highest BCUT2D eigenvalue weighted by molar-refractivity contribution is 6.32. The van der Waals surface area contributed by atoms with E-state index in [0.717, 1.165) is 6.07 Å². The standard InChI is InChI=1S/C22H17ClN2O9/c1-31-21(27)12-7-13(22(28)32-2)9-14(8-12)24-20(26)19-6-4-16(34-19)11-33-18-5-3-15(25(29)30)10-17(18)23/h3-10H,11H2,1-2H3,(H,24,26). The van der Waals surface area contributed by atoms with E-state index >= 15 is 0 Å². The smallest absolute Gasteiger partial charge is 0.337 e. The van der Waals surface area contributed by atoms with Gasteiger partial charge in [-0.15, -0.1) is 0 Å². The minimum Gasteiger partial charge on any atom is -0.484 e. The van der Waals surface area contributed by atoms with Crippen LogP contribution in [-0.2, 0) is 16.1 Å². The van der Waals surface area contributed by atoms with Gasteiger partial charge in [-0.1, -0.05) is 11.6 Å². The Hall–Kier alpha value is -4.38. The number of methoxy groups -OCH3 is 2. The zero-order valence-electron chi connectivity index (χ0n) is 17.8. The van der Waals surface area contributed by atoms with Crippen molar-refractivity contribution in [2.75, 3.05) is 19.5 Å². The predicted octanol–water partition coefficient (Wildman–Crippen LogP) is 4.25. The molecule has 176 valence electrons. The Bertz CT molecular complexity index is 1230. The van der Waals surface area contributed by atoms with Crippen molar-refractivity contribution in [1.29, 1.82) is 0 Å². The highest BCUT2D eigenvalue weighted by Gasteiger charge is 2.18. The maximum absolute atomic E-state index is 12.6. The topological polar surface area (TPSA) is 147 Å². The predicted molar refractivity (Wildman–Crippen MR) is 118 cm³/mol. The molecule has 3 aromatic rings. The molecule has 0 atom stereocenters. The molecule has 0 aliphatic rings. The minimum atomic E-state index is -0.705. The number of nitro groups is 1. The van der Waals surface area contributed by atoms with Crippen LogP contribution in [0.25, 0.3) is 0 Å². The second-order valence-electron chi connectivity index (χ2n) is 6.66. The molecule has 0 fully saturated rings. The molecule has 1 N–H and O–H groups in total. The van der Waals surface area contributed by atoms with Gasteiger partial charge in [0.1, 0.15) is 18.1 Å². The summed E-state index contributed by atoms with van der Waals surface area (Å²) in [6, 6.07) is 10.6. The molecule has 0 saturated carbocycles. The summed E-state index contributed by atoms with van der Waals surface area (Å²) >= 11 is 5.99. The zero-order chi connectivity index (χ0) is 24.8. The van der Waals surface area contributed by atoms with Crippen LogP contribution in [0, 0.1) is 10.1 Å². The number of nitrogens with one attached hydrogen (secondary N) is 1. The monoisotopic (exact) mass is 488 g/mol. The molecule has 0 aliphatic carbocycles. The first kappa shape index (κ1) is 24.3. The molecule has 0 unspecified atom stereocenters. The van der Waals surface area contributed by atoms with Gasteiger partial charge in [-0.05, 0) is 36.4 Å². The molecular weight excluding hydrogens is 472 g/mol. The average molecular weight is 489 g/mol. The van der Waals surface area contributed by atoms with Gasteiger partial charge < -0.3 is 23.9 Å². The summed E-state index contributed by atoms with van der Waals surface area (Å²) in [6.45, 7) is -0.102. The number of rotatable bonds is 8. The van der Waals surface area contributed by atoms with Crippen molar-refractivity contribution in [3.63, 3.8) is 0 Å². The molecule has 0 saturated heterocycles. The van der Waals surface area contributed by atoms with Gasteiger partial charge >= 0.3 is 11.9 Å². The molecule has 34 heavy (non-hydrogen) atoms. The summed E-state index contributed by atoms with van der Waals surface area (Å²) in [6.07, 6.45) is 0. The normalized spacial score (nSPS) is 10.3. The van der Waals surface area contributed by atoms with E-state index in [1.165, 1.54) is 56.7 Å². The van der Waals surface area contributed by atoms with Crippen LogP contribution in [0.1, 0.15) is 37.0 Å². The van der Waals surface area contributed by atoms with Gasteiger partial charge in [0.05, 0.1) is 35.3 Å². The lowest BCUT2D eigenvalue weighted by molar-refractivity contribution is -0.384. The lowest BCUT2D eigenvalue weighted by atomic mass is 10.1. The average Bonchev–Trinajstić information content (AvgIpc) is 3.31. The molecule has 11 nitrogen and oxygen atoms in total. The molecule has 1 heterocycles. The number of ether oxygens (including phenoxy) is 3. The lowest BCUT2D eigenvalue weighted by Crippen LogP contribution is -2.13. The SMILES string of the molecule is COC(=O)c1cc(NC(=O)c2ccc(COc3ccc([N+](=O)[O-])cc3Cl)o2)cc(C(=O)OC)c1. The minimum absolute atomic E-state index is 0.0363. The number of esters is 2. The van der Waals surface area contributed by atoms with Crippen LogP contribution in [0.15, 0.2) is 52.9 Å². The summed E-state index contributed by atoms with van der Waals surface area (Å²) in [5.74, 6) is -1.66. The van der Waals surface area contributed by atoms with E-state index in [1.54, 1.807) is 0 Å². The molecule has 12 heteroatoms. The highest BCUT2D eigenvalue weighted by atomic mass is 35.5. The van der Waals surface area contributed by atoms with Gasteiger partial charge in [0.15, 0.2) is 5.76 Å². The van der Waals surface area contributed by atoms with Gasteiger partial charge in [-0.25, -0.2) is 9.59 Å². The van der Waals surface area contributed by atoms with E-state index in [-0.39, 0.29) is 51.4 Å². The first-order chi connectivity index (χ1) is 16.2. The maximum Gasteiger partial charge on any atom is 0.337 e. The van der Waals surface area contributed by atoms with Crippen LogP contribution in [0.3, 0.4) is 0 Å². The fourth-order valence-electron chi connectivity index (χ4n) is 2.81. The number of anilines is 1. The van der Waals surface area contributed by atoms with E-state index in [0.29, 0.717) is 0 Å². The van der Waals surface area contributed by atoms with Crippen LogP contribution in [0.4, 0.5) is 11.4 Å². The van der Waals surface area contributed by atoms with Crippen molar-refractivity contribution in [3.8, 4) is 5.75 Å². The molecule has 3 rings (SSSR count). The number of nitro benzene ring substituents is 1. The van der Waals surface area contributed by atoms with Crippen molar-refractivity contribution in [2.45, 2.75) is 6.61 Å². The summed E-state index contributed by atoms with van der Waals surface area (Å²) < 4.78 is 20.3. The number of benzene rings is 2. The van der Waals surface area contributed by atoms with Crippen molar-refractivity contribution in [2.24, 2.45) is 0 Å². The third kappa shape index (κ3) is 5.70. The molecule has 1 amide bonds. The van der Waals surface area contributed by atoms with Crippen molar-refractivity contribution in [3.05, 3.63) is 86.3 Å². The summed E-state index contributed by atoms with van der Waals surface area (Å²) in [5.41, 5.74) is 0.0320. The third-order valence-corrected chi connectivity index (χ3v) is 4.71. The Morgan fingerprint density at radius 2 is 1.65 bits per heavy atom. The van der Waals surface area contributed by atoms with E-state index in [1.807, 2.05) is 0 Å². The van der Waals surface area contributed by atoms with E-state index < -0.39 is 22.8 Å². The highest BCUT2D eigenvalue weighted by Crippen LogP contribution is 2.29. The fraction of sp³-hybridized carbons (Fsp3) is 0.136. The van der Waals surface area contributed by atoms with Crippen LogP contribution < -0.4 is 10.1 Å². The molecule has 2 aromatic carbocycles. The number of hydrogen-bond acceptors (Lipinski definition) is 9. The quantitative estimate of drug-likeness (QED) is 0.279. The number of carbonyl (C=O) groups excluding carboxylic acids is 3. The Labute approximate surface area is 197 Å². The van der Waals surface area contributed by atoms with Gasteiger partial charge in [-0.3, -0.25) is 14.9 Å². The Kier molecular flexibility index (Phi) is 7.49. The second kappa shape index (κ2) is 10.5. The van der Waals surface area contributed by atoms with Crippen LogP contribution in [0.2, 0.25) is 5.02 Å². The summed E-state index contributed by atoms with van der Waals surface area (Å²) in [5, 5.41) is 13.4. The largest absolute Gasteiger partial charge is 0.484 e. The second-order valence-corrected chi connectivity index (χ2v) is 7.07. The van der Waals surface area contributed by atoms with Gasteiger partial charge in [-0.2, -0.15) is 0 Å². The first-order valence-corrected chi connectivity index (χ1v) is 9.88. The van der Waals surface area contributed by atoms with Gasteiger partial charge in [0.2, 0.25) is 0 Å². The van der Waals surface area contributed by atoms with Crippen LogP contribution in [0.5, 0.6) is 5.75 Å². The van der Waals surface area contributed by atoms with Crippen molar-refractivity contribution >= 4 is 40.8 Å². The first-order valence-electron chi connectivity index (χ1n) is 9.50. The van der Waals surface area contributed by atoms with E-state index in [4.69, 9.17) is 20.8 Å². The lowest BCUT2D eigenvalue weighted by Gasteiger charge is -2.09. The van der Waals surface area contributed by atoms with Crippen LogP contribution >= 0.6 is 11.6 Å². The number of halogens is 1. The molecular formula is C22H17ClN2O9. The van der Waals surface area contributed by atoms with Crippen molar-refractivity contribution in [1.82, 2.24) is 0 Å².